The number of aliphatic imine (C=N–C) groups is 2. The van der Waals surface area contributed by atoms with E-state index in [-0.39, 0.29) is 88.8 Å². The van der Waals surface area contributed by atoms with Gasteiger partial charge in [-0.25, -0.2) is 0 Å². The zero-order valence-electron chi connectivity index (χ0n) is 57.4. The number of hydrogen-bond donors (Lipinski definition) is 16. The average Bonchev–Trinajstić information content (AvgIpc) is 1.68. The zero-order chi connectivity index (χ0) is 70.0. The first-order valence-corrected chi connectivity index (χ1v) is 35.3. The Labute approximate surface area is 567 Å². The summed E-state index contributed by atoms with van der Waals surface area (Å²) in [7, 11) is 0. The van der Waals surface area contributed by atoms with Gasteiger partial charge in [0, 0.05) is 66.6 Å². The van der Waals surface area contributed by atoms with Crippen molar-refractivity contribution in [3.8, 4) is 0 Å². The van der Waals surface area contributed by atoms with Crippen molar-refractivity contribution in [2.45, 2.75) is 249 Å². The fourth-order valence-corrected chi connectivity index (χ4v) is 11.8. The first-order chi connectivity index (χ1) is 46.3. The van der Waals surface area contributed by atoms with Crippen LogP contribution in [0.2, 0.25) is 0 Å². The zero-order valence-corrected chi connectivity index (χ0v) is 57.4. The summed E-state index contributed by atoms with van der Waals surface area (Å²) in [5, 5.41) is 21.6. The molecule has 4 rings (SSSR count). The van der Waals surface area contributed by atoms with Gasteiger partial charge in [0.05, 0.1) is 0 Å². The van der Waals surface area contributed by atoms with Gasteiger partial charge in [-0.15, -0.1) is 0 Å². The lowest BCUT2D eigenvalue weighted by atomic mass is 9.96. The van der Waals surface area contributed by atoms with Crippen molar-refractivity contribution in [1.82, 2.24) is 47.2 Å². The SMILES string of the molecule is CCCCCCCCCCCCCCCCCC(=O)N[C@@H](CCCCN)C(=O)N[C@H](C(=O)N[C@@H](CCCCN)C(=O)N[C@@H](CCCN=C(N)N)C(=O)N[C@@H](Cc1c[nH]c2ccccc12)C(=O)N[C@@H](Cc1c[nH]c2ccccc12)C(=O)N[C@@H](CCCN=C(N)N)C(N)=O)[C@@H](C)CC. The number of guanidine groups is 2. The monoisotopic (exact) mass is 1340 g/mol. The molecule has 0 unspecified atom stereocenters. The highest BCUT2D eigenvalue weighted by Crippen LogP contribution is 2.23. The lowest BCUT2D eigenvalue weighted by Gasteiger charge is -2.29. The van der Waals surface area contributed by atoms with Crippen LogP contribution >= 0.6 is 0 Å². The van der Waals surface area contributed by atoms with Crippen LogP contribution in [0.15, 0.2) is 70.9 Å². The van der Waals surface area contributed by atoms with Gasteiger partial charge in [0.15, 0.2) is 11.9 Å². The Morgan fingerprint density at radius 3 is 1.21 bits per heavy atom. The second kappa shape index (κ2) is 46.0. The molecule has 0 spiro atoms. The lowest BCUT2D eigenvalue weighted by molar-refractivity contribution is -0.136. The third kappa shape index (κ3) is 30.2. The van der Waals surface area contributed by atoms with Crippen molar-refractivity contribution in [2.75, 3.05) is 26.2 Å². The topological polar surface area (TPSA) is 459 Å². The number of primary amides is 1. The standard InChI is InChI=1S/C70H116N18O8/c1-4-6-7-8-9-10-11-12-13-14-15-16-17-18-19-38-60(89)82-55(34-24-26-39-71)65(93)88-61(47(3)5-2)68(96)85-56(35-25-27-40-72)63(91)84-57(37-29-42-79-70(76)77)64(92)86-59(44-49-46-81-53-33-23-21-31-51(49)53)67(95)87-58(43-48-45-80-52-32-22-20-30-50(48)52)66(94)83-54(62(73)90)36-28-41-78-69(74)75/h20-23,30-33,45-47,54-59,61,80-81H,4-19,24-29,34-44,71-72H2,1-3H3,(H2,73,90)(H,82,89)(H,83,94)(H,84,91)(H,85,96)(H,86,92)(H,87,95)(H,88,93)(H4,74,75,78)(H4,76,77,79)/t47-,54-,55-,56-,57-,58-,59-,61-/m0/s1. The number of H-pyrrole nitrogens is 2. The van der Waals surface area contributed by atoms with E-state index in [1.165, 1.54) is 70.6 Å². The number of amides is 8. The van der Waals surface area contributed by atoms with Crippen LogP contribution in [0.4, 0.5) is 0 Å². The van der Waals surface area contributed by atoms with Gasteiger partial charge in [-0.3, -0.25) is 48.3 Å². The number of nitrogens with zero attached hydrogens (tertiary/aromatic N) is 2. The molecule has 0 bridgehead atoms. The first kappa shape index (κ1) is 80.2. The first-order valence-electron chi connectivity index (χ1n) is 35.3. The molecular formula is C70H116N18O8. The maximum absolute atomic E-state index is 15.1. The Morgan fingerprint density at radius 1 is 0.417 bits per heavy atom. The fourth-order valence-electron chi connectivity index (χ4n) is 11.8. The molecule has 8 amide bonds. The summed E-state index contributed by atoms with van der Waals surface area (Å²) in [4.78, 5) is 129. The van der Waals surface area contributed by atoms with Crippen LogP contribution in [0.1, 0.15) is 205 Å². The van der Waals surface area contributed by atoms with E-state index in [1.54, 1.807) is 19.3 Å². The largest absolute Gasteiger partial charge is 0.370 e. The molecule has 26 heteroatoms. The van der Waals surface area contributed by atoms with Crippen molar-refractivity contribution in [1.29, 1.82) is 0 Å². The Hall–Kier alpha value is -8.26. The highest BCUT2D eigenvalue weighted by Gasteiger charge is 2.36. The number of benzene rings is 2. The highest BCUT2D eigenvalue weighted by molar-refractivity contribution is 5.98. The molecule has 2 aromatic heterocycles. The Bertz CT molecular complexity index is 3050. The number of unbranched alkanes of at least 4 members (excludes halogenated alkanes) is 16. The van der Waals surface area contributed by atoms with E-state index in [0.717, 1.165) is 41.1 Å². The predicted molar refractivity (Wildman–Crippen MR) is 381 cm³/mol. The van der Waals surface area contributed by atoms with Crippen LogP contribution in [0.5, 0.6) is 0 Å². The van der Waals surface area contributed by atoms with Crippen molar-refractivity contribution >= 4 is 81.0 Å². The van der Waals surface area contributed by atoms with Crippen molar-refractivity contribution < 1.29 is 38.4 Å². The minimum Gasteiger partial charge on any atom is -0.370 e. The van der Waals surface area contributed by atoms with Crippen LogP contribution in [0, 0.1) is 5.92 Å². The van der Waals surface area contributed by atoms with Gasteiger partial charge in [0.1, 0.15) is 42.3 Å². The summed E-state index contributed by atoms with van der Waals surface area (Å²) in [6.07, 6.45) is 24.9. The number of carbonyl (C=O) groups excluding carboxylic acids is 8. The van der Waals surface area contributed by atoms with Crippen molar-refractivity contribution in [3.63, 3.8) is 0 Å². The summed E-state index contributed by atoms with van der Waals surface area (Å²) >= 11 is 0. The average molecular weight is 1340 g/mol. The second-order valence-electron chi connectivity index (χ2n) is 25.5. The van der Waals surface area contributed by atoms with Gasteiger partial charge in [-0.05, 0) is 113 Å². The van der Waals surface area contributed by atoms with Crippen LogP contribution < -0.4 is 77.4 Å². The highest BCUT2D eigenvalue weighted by atomic mass is 16.2. The van der Waals surface area contributed by atoms with E-state index < -0.39 is 89.6 Å². The van der Waals surface area contributed by atoms with Gasteiger partial charge >= 0.3 is 0 Å². The maximum atomic E-state index is 15.1. The molecule has 23 N–H and O–H groups in total. The van der Waals surface area contributed by atoms with Crippen LogP contribution in [0.25, 0.3) is 21.8 Å². The van der Waals surface area contributed by atoms with E-state index in [9.17, 15) is 28.8 Å². The normalized spacial score (nSPS) is 13.8. The molecule has 534 valence electrons. The summed E-state index contributed by atoms with van der Waals surface area (Å²) < 4.78 is 0. The molecule has 26 nitrogen and oxygen atoms in total. The number of aromatic nitrogens is 2. The molecule has 96 heavy (non-hydrogen) atoms. The molecule has 0 saturated carbocycles. The summed E-state index contributed by atoms with van der Waals surface area (Å²) in [6.45, 7) is 6.82. The van der Waals surface area contributed by atoms with E-state index >= 15 is 9.59 Å². The molecule has 0 fully saturated rings. The van der Waals surface area contributed by atoms with E-state index in [1.807, 2.05) is 55.5 Å². The number of nitrogens with one attached hydrogen (secondary N) is 9. The molecule has 0 aliphatic rings. The van der Waals surface area contributed by atoms with E-state index in [0.29, 0.717) is 62.6 Å². The van der Waals surface area contributed by atoms with Gasteiger partial charge in [0.25, 0.3) is 0 Å². The van der Waals surface area contributed by atoms with Crippen LogP contribution in [0.3, 0.4) is 0 Å². The molecule has 8 atom stereocenters. The van der Waals surface area contributed by atoms with E-state index in [2.05, 4.69) is 64.1 Å². The number of rotatable bonds is 52. The van der Waals surface area contributed by atoms with E-state index in [4.69, 9.17) is 40.1 Å². The smallest absolute Gasteiger partial charge is 0.243 e. The molecule has 0 radical (unpaired) electrons. The van der Waals surface area contributed by atoms with Gasteiger partial charge in [0.2, 0.25) is 47.3 Å². The number of aromatic amines is 2. The van der Waals surface area contributed by atoms with Gasteiger partial charge in [-0.1, -0.05) is 153 Å². The summed E-state index contributed by atoms with van der Waals surface area (Å²) in [5.74, 6) is -6.10. The van der Waals surface area contributed by atoms with Gasteiger partial charge < -0.3 is 87.3 Å². The minimum absolute atomic E-state index is 0.0508. The number of para-hydroxylation sites is 2. The quantitative estimate of drug-likeness (QED) is 0.0157. The summed E-state index contributed by atoms with van der Waals surface area (Å²) in [5.41, 5.74) is 42.8. The van der Waals surface area contributed by atoms with Crippen molar-refractivity contribution in [2.24, 2.45) is 56.0 Å². The lowest BCUT2D eigenvalue weighted by Crippen LogP contribution is -2.61. The summed E-state index contributed by atoms with van der Waals surface area (Å²) in [6, 6.07) is 6.16. The number of fused-ring (bicyclic) bond motifs is 2. The molecular weight excluding hydrogens is 1220 g/mol. The Kier molecular flexibility index (Phi) is 38.4. The molecule has 0 saturated heterocycles. The van der Waals surface area contributed by atoms with Gasteiger partial charge in [-0.2, -0.15) is 0 Å². The number of carbonyl (C=O) groups is 8. The van der Waals surface area contributed by atoms with Crippen LogP contribution in [-0.2, 0) is 51.2 Å². The number of hydrogen-bond acceptors (Lipinski definition) is 12. The third-order valence-corrected chi connectivity index (χ3v) is 17.6. The maximum Gasteiger partial charge on any atom is 0.243 e. The Balaban J connectivity index is 1.57. The Morgan fingerprint density at radius 2 is 0.781 bits per heavy atom. The predicted octanol–water partition coefficient (Wildman–Crippen LogP) is 4.99. The second-order valence-corrected chi connectivity index (χ2v) is 25.5. The molecule has 0 aliphatic carbocycles. The fraction of sp³-hybridized carbons (Fsp3) is 0.629. The van der Waals surface area contributed by atoms with Crippen molar-refractivity contribution in [3.05, 3.63) is 72.1 Å². The third-order valence-electron chi connectivity index (χ3n) is 17.6. The minimum atomic E-state index is -1.41. The molecule has 2 heterocycles. The molecule has 4 aromatic rings. The molecule has 0 aliphatic heterocycles. The molecule has 2 aromatic carbocycles. The number of nitrogens with two attached hydrogens (primary N) is 7. The van der Waals surface area contributed by atoms with Crippen LogP contribution in [-0.4, -0.2) is 138 Å².